The Bertz CT molecular complexity index is 687. The van der Waals surface area contributed by atoms with E-state index in [0.717, 1.165) is 42.7 Å². The highest BCUT2D eigenvalue weighted by atomic mass is 15.2. The molecule has 1 aliphatic heterocycles. The lowest BCUT2D eigenvalue weighted by Crippen LogP contribution is -2.43. The number of anilines is 1. The van der Waals surface area contributed by atoms with E-state index in [9.17, 15) is 5.26 Å². The van der Waals surface area contributed by atoms with Crippen LogP contribution >= 0.6 is 0 Å². The summed E-state index contributed by atoms with van der Waals surface area (Å²) >= 11 is 0. The van der Waals surface area contributed by atoms with Crippen LogP contribution in [0.15, 0.2) is 30.3 Å². The molecule has 0 radical (unpaired) electrons. The number of pyridine rings is 1. The summed E-state index contributed by atoms with van der Waals surface area (Å²) in [4.78, 5) is 6.95. The van der Waals surface area contributed by atoms with Crippen LogP contribution in [0.5, 0.6) is 0 Å². The monoisotopic (exact) mass is 280 g/mol. The molecular formula is C17H20N4. The number of hydrogen-bond donors (Lipinski definition) is 1. The number of nitriles is 1. The van der Waals surface area contributed by atoms with E-state index >= 15 is 0 Å². The highest BCUT2D eigenvalue weighted by Gasteiger charge is 2.25. The van der Waals surface area contributed by atoms with Crippen LogP contribution in [0.1, 0.15) is 25.3 Å². The van der Waals surface area contributed by atoms with Crippen LogP contribution in [0.4, 0.5) is 5.82 Å². The Kier molecular flexibility index (Phi) is 3.76. The maximum absolute atomic E-state index is 9.44. The molecule has 0 spiro atoms. The third-order valence-corrected chi connectivity index (χ3v) is 4.33. The highest BCUT2D eigenvalue weighted by molar-refractivity contribution is 5.83. The molecule has 2 atom stereocenters. The Balaban J connectivity index is 2.00. The normalized spacial score (nSPS) is 20.2. The van der Waals surface area contributed by atoms with Crippen LogP contribution in [0.25, 0.3) is 10.9 Å². The van der Waals surface area contributed by atoms with E-state index in [2.05, 4.69) is 17.9 Å². The first kappa shape index (κ1) is 13.8. The molecule has 0 amide bonds. The fraction of sp³-hybridized carbons (Fsp3) is 0.412. The molecule has 4 nitrogen and oxygen atoms in total. The molecule has 1 saturated heterocycles. The molecule has 2 unspecified atom stereocenters. The lowest BCUT2D eigenvalue weighted by molar-refractivity contribution is 0.363. The molecule has 0 saturated carbocycles. The maximum Gasteiger partial charge on any atom is 0.147 e. The second-order valence-corrected chi connectivity index (χ2v) is 5.87. The van der Waals surface area contributed by atoms with Gasteiger partial charge in [0.1, 0.15) is 11.9 Å². The van der Waals surface area contributed by atoms with Crippen LogP contribution in [0.2, 0.25) is 0 Å². The van der Waals surface area contributed by atoms with E-state index in [1.807, 2.05) is 30.3 Å². The van der Waals surface area contributed by atoms with Crippen LogP contribution < -0.4 is 10.6 Å². The molecular weight excluding hydrogens is 260 g/mol. The maximum atomic E-state index is 9.44. The number of hydrogen-bond acceptors (Lipinski definition) is 4. The van der Waals surface area contributed by atoms with Crippen LogP contribution in [-0.4, -0.2) is 24.1 Å². The second kappa shape index (κ2) is 5.71. The van der Waals surface area contributed by atoms with Crippen LogP contribution in [0, 0.1) is 17.2 Å². The smallest absolute Gasteiger partial charge is 0.147 e. The Labute approximate surface area is 125 Å². The molecule has 0 aliphatic carbocycles. The van der Waals surface area contributed by atoms with Gasteiger partial charge in [-0.3, -0.25) is 0 Å². The minimum absolute atomic E-state index is 0.179. The van der Waals surface area contributed by atoms with Crippen molar-refractivity contribution in [3.8, 4) is 6.07 Å². The van der Waals surface area contributed by atoms with E-state index in [-0.39, 0.29) is 6.04 Å². The van der Waals surface area contributed by atoms with Crippen molar-refractivity contribution < 1.29 is 0 Å². The number of para-hydroxylation sites is 1. The Hall–Kier alpha value is -2.12. The average molecular weight is 280 g/mol. The van der Waals surface area contributed by atoms with Crippen molar-refractivity contribution >= 4 is 16.7 Å². The zero-order valence-corrected chi connectivity index (χ0v) is 12.3. The van der Waals surface area contributed by atoms with Crippen LogP contribution in [0.3, 0.4) is 0 Å². The average Bonchev–Trinajstić information content (AvgIpc) is 2.53. The lowest BCUT2D eigenvalue weighted by atomic mass is 9.92. The molecule has 0 bridgehead atoms. The van der Waals surface area contributed by atoms with E-state index in [4.69, 9.17) is 10.7 Å². The van der Waals surface area contributed by atoms with Gasteiger partial charge in [-0.15, -0.1) is 0 Å². The van der Waals surface area contributed by atoms with Gasteiger partial charge in [-0.05, 0) is 37.8 Å². The van der Waals surface area contributed by atoms with Crippen LogP contribution in [-0.2, 0) is 0 Å². The molecule has 1 aromatic heterocycles. The van der Waals surface area contributed by atoms with Gasteiger partial charge in [0, 0.05) is 24.5 Å². The third kappa shape index (κ3) is 2.70. The first-order valence-electron chi connectivity index (χ1n) is 7.49. The van der Waals surface area contributed by atoms with Gasteiger partial charge in [0.25, 0.3) is 0 Å². The van der Waals surface area contributed by atoms with Gasteiger partial charge in [-0.25, -0.2) is 4.98 Å². The summed E-state index contributed by atoms with van der Waals surface area (Å²) in [5.41, 5.74) is 7.65. The summed E-state index contributed by atoms with van der Waals surface area (Å²) in [5.74, 6) is 1.28. The standard InChI is InChI=1S/C17H20N4/c1-12(19)14-6-4-8-21(11-14)17-15(10-18)9-13-5-2-3-7-16(13)20-17/h2-3,5,7,9,12,14H,4,6,8,11,19H2,1H3. The van der Waals surface area contributed by atoms with Crippen molar-refractivity contribution in [2.75, 3.05) is 18.0 Å². The molecule has 2 heterocycles. The number of nitrogens with zero attached hydrogens (tertiary/aromatic N) is 3. The van der Waals surface area contributed by atoms with E-state index in [1.54, 1.807) is 0 Å². The first-order valence-corrected chi connectivity index (χ1v) is 7.49. The summed E-state index contributed by atoms with van der Waals surface area (Å²) in [5, 5.41) is 10.5. The predicted molar refractivity (Wildman–Crippen MR) is 85.0 cm³/mol. The summed E-state index contributed by atoms with van der Waals surface area (Å²) in [6.07, 6.45) is 2.26. The molecule has 21 heavy (non-hydrogen) atoms. The number of fused-ring (bicyclic) bond motifs is 1. The number of benzene rings is 1. The number of rotatable bonds is 2. The second-order valence-electron chi connectivity index (χ2n) is 5.87. The fourth-order valence-electron chi connectivity index (χ4n) is 3.06. The number of piperidine rings is 1. The van der Waals surface area contributed by atoms with E-state index in [0.29, 0.717) is 11.5 Å². The fourth-order valence-corrected chi connectivity index (χ4v) is 3.06. The number of nitrogens with two attached hydrogens (primary N) is 1. The molecule has 1 fully saturated rings. The molecule has 2 aromatic rings. The van der Waals surface area contributed by atoms with Gasteiger partial charge < -0.3 is 10.6 Å². The van der Waals surface area contributed by atoms with Crippen molar-refractivity contribution in [1.82, 2.24) is 4.98 Å². The van der Waals surface area contributed by atoms with Crippen molar-refractivity contribution in [1.29, 1.82) is 5.26 Å². The zero-order chi connectivity index (χ0) is 14.8. The summed E-state index contributed by atoms with van der Waals surface area (Å²) in [7, 11) is 0. The summed E-state index contributed by atoms with van der Waals surface area (Å²) in [6.45, 7) is 3.90. The molecule has 108 valence electrons. The minimum Gasteiger partial charge on any atom is -0.355 e. The van der Waals surface area contributed by atoms with E-state index in [1.165, 1.54) is 0 Å². The van der Waals surface area contributed by atoms with Crippen molar-refractivity contribution in [2.24, 2.45) is 11.7 Å². The van der Waals surface area contributed by atoms with Crippen molar-refractivity contribution in [3.05, 3.63) is 35.9 Å². The molecule has 1 aromatic carbocycles. The largest absolute Gasteiger partial charge is 0.355 e. The SMILES string of the molecule is CC(N)C1CCCN(c2nc3ccccc3cc2C#N)C1. The topological polar surface area (TPSA) is 65.9 Å². The predicted octanol–water partition coefficient (Wildman–Crippen LogP) is 2.67. The van der Waals surface area contributed by atoms with Gasteiger partial charge in [-0.2, -0.15) is 5.26 Å². The quantitative estimate of drug-likeness (QED) is 0.918. The molecule has 3 rings (SSSR count). The Morgan fingerprint density at radius 1 is 1.43 bits per heavy atom. The summed E-state index contributed by atoms with van der Waals surface area (Å²) in [6, 6.07) is 12.3. The Morgan fingerprint density at radius 2 is 2.24 bits per heavy atom. The van der Waals surface area contributed by atoms with Gasteiger partial charge in [0.05, 0.1) is 11.1 Å². The molecule has 1 aliphatic rings. The molecule has 4 heteroatoms. The van der Waals surface area contributed by atoms with Gasteiger partial charge >= 0.3 is 0 Å². The number of aromatic nitrogens is 1. The van der Waals surface area contributed by atoms with Gasteiger partial charge in [0.15, 0.2) is 0 Å². The lowest BCUT2D eigenvalue weighted by Gasteiger charge is -2.35. The van der Waals surface area contributed by atoms with Crippen molar-refractivity contribution in [2.45, 2.75) is 25.8 Å². The first-order chi connectivity index (χ1) is 10.2. The van der Waals surface area contributed by atoms with E-state index < -0.39 is 0 Å². The zero-order valence-electron chi connectivity index (χ0n) is 12.3. The summed E-state index contributed by atoms with van der Waals surface area (Å²) < 4.78 is 0. The third-order valence-electron chi connectivity index (χ3n) is 4.33. The highest BCUT2D eigenvalue weighted by Crippen LogP contribution is 2.28. The van der Waals surface area contributed by atoms with Gasteiger partial charge in [-0.1, -0.05) is 18.2 Å². The minimum atomic E-state index is 0.179. The Morgan fingerprint density at radius 3 is 3.00 bits per heavy atom. The van der Waals surface area contributed by atoms with Crippen molar-refractivity contribution in [3.63, 3.8) is 0 Å². The molecule has 2 N–H and O–H groups in total. The van der Waals surface area contributed by atoms with Gasteiger partial charge in [0.2, 0.25) is 0 Å².